The summed E-state index contributed by atoms with van der Waals surface area (Å²) >= 11 is 0. The summed E-state index contributed by atoms with van der Waals surface area (Å²) in [6.07, 6.45) is -63.6. The van der Waals surface area contributed by atoms with Crippen molar-refractivity contribution < 1.29 is 230 Å². The molecule has 668 valence electrons. The largest absolute Gasteiger partial charge is 0.397 e. The van der Waals surface area contributed by atoms with E-state index in [1.54, 1.807) is 0 Å². The molecule has 0 aromatic carbocycles. The number of carbonyl (C=O) groups is 4. The molecular formula is C57H97N5O49S4. The number of ether oxygens (including phenoxy) is 16. The van der Waals surface area contributed by atoms with Gasteiger partial charge in [-0.05, 0) is 25.8 Å². The predicted octanol–water partition coefficient (Wildman–Crippen LogP) is -14.9. The first-order valence-corrected chi connectivity index (χ1v) is 40.5. The van der Waals surface area contributed by atoms with Crippen molar-refractivity contribution in [1.29, 1.82) is 0 Å². The lowest BCUT2D eigenvalue weighted by atomic mass is 9.95. The molecule has 54 nitrogen and oxygen atoms in total. The van der Waals surface area contributed by atoms with E-state index in [0.29, 0.717) is 25.8 Å². The van der Waals surface area contributed by atoms with Crippen LogP contribution in [0.3, 0.4) is 0 Å². The van der Waals surface area contributed by atoms with Gasteiger partial charge in [-0.3, -0.25) is 37.4 Å². The van der Waals surface area contributed by atoms with E-state index in [1.807, 2.05) is 0 Å². The van der Waals surface area contributed by atoms with E-state index in [0.717, 1.165) is 27.7 Å². The molecule has 23 N–H and O–H groups in total. The first kappa shape index (κ1) is 96.6. The van der Waals surface area contributed by atoms with E-state index in [9.17, 15) is 133 Å². The van der Waals surface area contributed by atoms with Crippen molar-refractivity contribution in [2.75, 3.05) is 66.0 Å². The zero-order chi connectivity index (χ0) is 85.3. The lowest BCUT2D eigenvalue weighted by Crippen LogP contribution is -2.69. The van der Waals surface area contributed by atoms with E-state index < -0.39 is 339 Å². The molecule has 8 aliphatic rings. The van der Waals surface area contributed by atoms with E-state index in [2.05, 4.69) is 38.0 Å². The highest BCUT2D eigenvalue weighted by atomic mass is 32.3. The maximum absolute atomic E-state index is 12.8. The van der Waals surface area contributed by atoms with Gasteiger partial charge in [-0.1, -0.05) is 0 Å². The van der Waals surface area contributed by atoms with Gasteiger partial charge in [-0.2, -0.15) is 33.7 Å². The Hall–Kier alpha value is -3.84. The van der Waals surface area contributed by atoms with Crippen molar-refractivity contribution in [3.05, 3.63) is 0 Å². The van der Waals surface area contributed by atoms with Crippen LogP contribution in [0.5, 0.6) is 0 Å². The number of aliphatic hydroxyl groups excluding tert-OH is 13. The summed E-state index contributed by atoms with van der Waals surface area (Å²) in [4.78, 5) is 50.3. The molecule has 0 saturated carbocycles. The highest BCUT2D eigenvalue weighted by molar-refractivity contribution is 7.81. The Balaban J connectivity index is 0.935. The monoisotopic (exact) mass is 1760 g/mol. The molecule has 0 spiro atoms. The van der Waals surface area contributed by atoms with Gasteiger partial charge in [0.15, 0.2) is 50.3 Å². The molecule has 115 heavy (non-hydrogen) atoms. The molecule has 58 heteroatoms. The van der Waals surface area contributed by atoms with Crippen molar-refractivity contribution in [1.82, 2.24) is 21.3 Å². The number of aliphatic hydroxyl groups is 13. The number of rotatable bonds is 36. The molecule has 8 rings (SSSR count). The number of unbranched alkanes of at least 4 members (excludes halogenated alkanes) is 2. The van der Waals surface area contributed by atoms with Crippen LogP contribution < -0.4 is 27.0 Å². The average Bonchev–Trinajstić information content (AvgIpc) is 0.779. The maximum Gasteiger partial charge on any atom is 0.397 e. The van der Waals surface area contributed by atoms with Crippen LogP contribution in [0.15, 0.2) is 0 Å². The fraction of sp³-hybridized carbons (Fsp3) is 0.930. The van der Waals surface area contributed by atoms with Gasteiger partial charge in [0.05, 0.1) is 52.9 Å². The molecule has 0 aromatic heterocycles. The van der Waals surface area contributed by atoms with E-state index in [-0.39, 0.29) is 6.61 Å². The number of nitrogens with one attached hydrogen (secondary N) is 4. The summed E-state index contributed by atoms with van der Waals surface area (Å²) in [7, 11) is -21.4. The standard InChI is InChI=1S/C57H97N5O49S4/c1-18(63)59-30-39(72)34(67)26(14-97-112(80,81)82)105-50(30)101-23-11-94-55(44(77)36(23)69)109-48-28(16-99-114(86,87)88)107-52(32(41(48)74)61-20(3)65)103-25-13-96-57(46(79)38(25)71)111-49-29(17-100-115(89,90)91)108-53(33(42(49)75)62-21(4)66)104-24-12-95-56(45(78)37(24)70)110-47-27(15-98-113(83,84)85)106-51(31(40(47)73)60-19(2)64)102-22-10-93-54(43(76)35(22)68)92-9-7-5-6-8-58/h22-57,67-79H,5-17,58H2,1-4H3,(H,59,63)(H,60,64)(H,61,65)(H,62,66)(H,80,81,82)(H,83,84,85)(H,86,87,88)(H,89,90,91)/t22-,23-,24-,25-,26?,27?,28?,29?,30?,31?,32?,33?,34-,35-,36-,37-,38-,39-,40-,41-,42-,43?,44?,45?,46?,47-,48-,49-,50+,51+,52+,53+,54-,55+,56+,57+/m1/s1. The van der Waals surface area contributed by atoms with Crippen LogP contribution in [0.2, 0.25) is 0 Å². The van der Waals surface area contributed by atoms with Crippen LogP contribution in [-0.2, 0) is 153 Å². The fourth-order valence-corrected chi connectivity index (χ4v) is 14.4. The highest BCUT2D eigenvalue weighted by Gasteiger charge is 2.59. The van der Waals surface area contributed by atoms with Gasteiger partial charge in [-0.15, -0.1) is 0 Å². The minimum absolute atomic E-state index is 0.0989. The fourth-order valence-electron chi connectivity index (χ4n) is 13.2. The van der Waals surface area contributed by atoms with E-state index in [4.69, 9.17) is 86.1 Å². The second kappa shape index (κ2) is 41.8. The highest BCUT2D eigenvalue weighted by Crippen LogP contribution is 2.38. The smallest absolute Gasteiger partial charge is 0.388 e. The third kappa shape index (κ3) is 26.8. The minimum atomic E-state index is -5.47. The van der Waals surface area contributed by atoms with E-state index in [1.165, 1.54) is 0 Å². The van der Waals surface area contributed by atoms with Crippen molar-refractivity contribution in [3.8, 4) is 0 Å². The van der Waals surface area contributed by atoms with Gasteiger partial charge in [0.1, 0.15) is 171 Å². The molecule has 12 unspecified atom stereocenters. The van der Waals surface area contributed by atoms with Crippen LogP contribution in [0.4, 0.5) is 0 Å². The maximum atomic E-state index is 12.8. The van der Waals surface area contributed by atoms with Crippen LogP contribution in [0.1, 0.15) is 47.0 Å². The number of hydrogen-bond acceptors (Lipinski definition) is 46. The summed E-state index contributed by atoms with van der Waals surface area (Å²) in [6.45, 7) is -4.10. The molecule has 8 saturated heterocycles. The summed E-state index contributed by atoms with van der Waals surface area (Å²) in [5, 5.41) is 158. The van der Waals surface area contributed by atoms with Crippen LogP contribution in [0.25, 0.3) is 0 Å². The first-order chi connectivity index (χ1) is 53.6. The van der Waals surface area contributed by atoms with Crippen molar-refractivity contribution in [3.63, 3.8) is 0 Å². The quantitative estimate of drug-likeness (QED) is 0.0205. The number of nitrogens with two attached hydrogens (primary N) is 1. The summed E-state index contributed by atoms with van der Waals surface area (Å²) in [5.41, 5.74) is 5.52. The molecular weight excluding hydrogens is 1670 g/mol. The Bertz CT molecular complexity index is 3630. The first-order valence-electron chi connectivity index (χ1n) is 35.0. The SMILES string of the molecule is CC(=O)NC1[C@@H](O[C@@H]2CO[C@@H](O[C@@H]3C(COS(=O)(=O)O)O[C@H](O[C@@H]4CO[C@@H](O[C@@H]5C(COS(=O)(=O)O)O[C@H](O[C@@H]6CO[C@@H](O[C@@H]7C(COS(=O)(=O)O)O[C@H](O[C@@H]8CO[C@@H](OCCCCCN)C(O)[C@@H]8O)C(NC(C)=O)[C@H]7O)C(O)[C@@H]6O)C(NC(C)=O)[C@H]5O)C(O)[C@@H]4O)C(NC(C)=O)[C@H]3O)C(O)[C@@H]2O)OC(COS(=O)(=O)O)[C@@H](O)[C@@H]1O. The summed E-state index contributed by atoms with van der Waals surface area (Å²) in [6, 6.07) is -7.38. The van der Waals surface area contributed by atoms with Gasteiger partial charge in [0.2, 0.25) is 23.6 Å². The molecule has 0 radical (unpaired) electrons. The Labute approximate surface area is 653 Å². The lowest BCUT2D eigenvalue weighted by molar-refractivity contribution is -0.371. The van der Waals surface area contributed by atoms with Gasteiger partial charge in [0.25, 0.3) is 0 Å². The molecule has 0 aromatic rings. The Morgan fingerprint density at radius 1 is 0.322 bits per heavy atom. The zero-order valence-electron chi connectivity index (χ0n) is 60.9. The molecule has 0 aliphatic carbocycles. The predicted molar refractivity (Wildman–Crippen MR) is 355 cm³/mol. The molecule has 0 bridgehead atoms. The van der Waals surface area contributed by atoms with Gasteiger partial charge >= 0.3 is 41.6 Å². The average molecular weight is 1760 g/mol. The number of hydrogen-bond donors (Lipinski definition) is 22. The summed E-state index contributed by atoms with van der Waals surface area (Å²) in [5.74, 6) is -3.68. The third-order valence-electron chi connectivity index (χ3n) is 18.7. The van der Waals surface area contributed by atoms with Crippen molar-refractivity contribution >= 4 is 65.2 Å². The molecule has 8 heterocycles. The van der Waals surface area contributed by atoms with Gasteiger partial charge < -0.3 is 169 Å². The van der Waals surface area contributed by atoms with Crippen LogP contribution in [0, 0.1) is 0 Å². The minimum Gasteiger partial charge on any atom is -0.388 e. The second-order valence-corrected chi connectivity index (χ2v) is 31.7. The molecule has 8 aliphatic heterocycles. The third-order valence-corrected chi connectivity index (χ3v) is 20.4. The van der Waals surface area contributed by atoms with Crippen LogP contribution in [-0.4, -0.2) is 429 Å². The second-order valence-electron chi connectivity index (χ2n) is 27.3. The normalized spacial score (nSPS) is 41.9. The lowest BCUT2D eigenvalue weighted by Gasteiger charge is -2.49. The van der Waals surface area contributed by atoms with Crippen LogP contribution >= 0.6 is 0 Å². The van der Waals surface area contributed by atoms with Gasteiger partial charge in [0, 0.05) is 34.3 Å². The molecule has 4 amide bonds. The van der Waals surface area contributed by atoms with E-state index >= 15 is 0 Å². The van der Waals surface area contributed by atoms with Gasteiger partial charge in [-0.25, -0.2) is 16.7 Å². The zero-order valence-corrected chi connectivity index (χ0v) is 64.1. The molecule has 8 fully saturated rings. The number of amides is 4. The number of carbonyl (C=O) groups excluding carboxylic acids is 4. The van der Waals surface area contributed by atoms with Crippen molar-refractivity contribution in [2.24, 2.45) is 5.73 Å². The Morgan fingerprint density at radius 2 is 0.574 bits per heavy atom. The van der Waals surface area contributed by atoms with Crippen molar-refractivity contribution in [2.45, 2.75) is 268 Å². The molecule has 36 atom stereocenters. The Morgan fingerprint density at radius 3 is 0.843 bits per heavy atom. The summed E-state index contributed by atoms with van der Waals surface area (Å²) < 4.78 is 242. The Kier molecular flexibility index (Phi) is 35.1. The topological polar surface area (TPSA) is 807 Å².